The molecular formula is C117H71N9OS. The molecule has 0 aliphatic carbocycles. The van der Waals surface area contributed by atoms with Crippen molar-refractivity contribution in [3.63, 3.8) is 0 Å². The van der Waals surface area contributed by atoms with Crippen molar-refractivity contribution in [2.75, 3.05) is 0 Å². The zero-order valence-electron chi connectivity index (χ0n) is 68.8. The molecule has 0 saturated heterocycles. The van der Waals surface area contributed by atoms with Gasteiger partial charge < -0.3 is 4.42 Å². The van der Waals surface area contributed by atoms with Crippen molar-refractivity contribution in [1.29, 1.82) is 0 Å². The number of thiophene rings is 1. The zero-order chi connectivity index (χ0) is 84.5. The summed E-state index contributed by atoms with van der Waals surface area (Å²) >= 11 is 1.80. The molecule has 0 aliphatic heterocycles. The van der Waals surface area contributed by atoms with Gasteiger partial charge in [0.05, 0.1) is 0 Å². The van der Waals surface area contributed by atoms with E-state index < -0.39 is 0 Å². The predicted molar refractivity (Wildman–Crippen MR) is 532 cm³/mol. The third kappa shape index (κ3) is 13.7. The molecule has 26 aromatic rings. The van der Waals surface area contributed by atoms with Gasteiger partial charge in [0.2, 0.25) is 0 Å². The molecule has 0 bridgehead atoms. The van der Waals surface area contributed by atoms with Crippen molar-refractivity contribution >= 4 is 150 Å². The van der Waals surface area contributed by atoms with Crippen LogP contribution in [-0.4, -0.2) is 44.9 Å². The summed E-state index contributed by atoms with van der Waals surface area (Å²) in [7, 11) is 0. The number of fused-ring (bicyclic) bond motifs is 21. The highest BCUT2D eigenvalue weighted by molar-refractivity contribution is 7.26. The van der Waals surface area contributed by atoms with Gasteiger partial charge in [-0.1, -0.05) is 388 Å². The number of hydrogen-bond donors (Lipinski definition) is 0. The van der Waals surface area contributed by atoms with Crippen LogP contribution in [0.3, 0.4) is 0 Å². The fourth-order valence-corrected chi connectivity index (χ4v) is 19.4. The molecule has 26 rings (SSSR count). The molecule has 0 spiro atoms. The molecule has 0 unspecified atom stereocenters. The molecule has 0 saturated carbocycles. The number of aromatic nitrogens is 9. The maximum atomic E-state index is 6.20. The van der Waals surface area contributed by atoms with Crippen LogP contribution in [0, 0.1) is 0 Å². The zero-order valence-corrected chi connectivity index (χ0v) is 69.6. The van der Waals surface area contributed by atoms with Gasteiger partial charge in [-0.25, -0.2) is 44.9 Å². The van der Waals surface area contributed by atoms with E-state index in [1.807, 2.05) is 115 Å². The Labute approximate surface area is 738 Å². The maximum Gasteiger partial charge on any atom is 0.164 e. The molecule has 0 atom stereocenters. The van der Waals surface area contributed by atoms with E-state index in [0.717, 1.165) is 83.0 Å². The highest BCUT2D eigenvalue weighted by Crippen LogP contribution is 2.44. The van der Waals surface area contributed by atoms with Crippen LogP contribution in [0.4, 0.5) is 0 Å². The van der Waals surface area contributed by atoms with Crippen LogP contribution < -0.4 is 0 Å². The molecule has 0 N–H and O–H groups in total. The first kappa shape index (κ1) is 74.8. The first-order chi connectivity index (χ1) is 63.4. The highest BCUT2D eigenvalue weighted by atomic mass is 32.1. The minimum absolute atomic E-state index is 0.615. The lowest BCUT2D eigenvalue weighted by atomic mass is 9.95. The molecule has 596 valence electrons. The van der Waals surface area contributed by atoms with Gasteiger partial charge in [0.15, 0.2) is 52.4 Å². The Hall–Kier alpha value is -17.0. The first-order valence-electron chi connectivity index (χ1n) is 42.9. The third-order valence-electron chi connectivity index (χ3n) is 24.5. The molecule has 0 fully saturated rings. The minimum Gasteiger partial charge on any atom is -0.456 e. The van der Waals surface area contributed by atoms with E-state index >= 15 is 0 Å². The maximum absolute atomic E-state index is 6.20. The van der Waals surface area contributed by atoms with E-state index in [-0.39, 0.29) is 0 Å². The minimum atomic E-state index is 0.615. The number of nitrogens with zero attached hydrogens (tertiary/aromatic N) is 9. The lowest BCUT2D eigenvalue weighted by molar-refractivity contribution is 0.669. The second kappa shape index (κ2) is 31.7. The molecule has 128 heavy (non-hydrogen) atoms. The average Bonchev–Trinajstić information content (AvgIpc) is 1.22. The van der Waals surface area contributed by atoms with Gasteiger partial charge in [0.25, 0.3) is 0 Å². The summed E-state index contributed by atoms with van der Waals surface area (Å²) in [6, 6.07) is 150. The summed E-state index contributed by atoms with van der Waals surface area (Å²) in [6.07, 6.45) is 0. The Bertz CT molecular complexity index is 8530. The predicted octanol–water partition coefficient (Wildman–Crippen LogP) is 30.9. The Morgan fingerprint density at radius 1 is 0.148 bits per heavy atom. The molecule has 0 amide bonds. The lowest BCUT2D eigenvalue weighted by Gasteiger charge is -2.12. The second-order valence-electron chi connectivity index (χ2n) is 32.2. The summed E-state index contributed by atoms with van der Waals surface area (Å²) < 4.78 is 8.69. The second-order valence-corrected chi connectivity index (χ2v) is 33.3. The van der Waals surface area contributed by atoms with Crippen LogP contribution in [0.2, 0.25) is 0 Å². The quantitative estimate of drug-likeness (QED) is 0.122. The van der Waals surface area contributed by atoms with Gasteiger partial charge in [0.1, 0.15) is 11.2 Å². The number of hydrogen-bond acceptors (Lipinski definition) is 11. The van der Waals surface area contributed by atoms with E-state index in [1.165, 1.54) is 117 Å². The fourth-order valence-electron chi connectivity index (χ4n) is 18.3. The molecule has 11 heteroatoms. The summed E-state index contributed by atoms with van der Waals surface area (Å²) in [5, 5.41) is 26.5. The number of furan rings is 1. The largest absolute Gasteiger partial charge is 0.456 e. The SMILES string of the molecule is c1ccc(-c2ccc(-c3nc(-c4ccccc4)nc(-c4ccc5c(ccc6ccc7ccccc7c65)c4)n3)cc2)cc1.c1ccc(-c2nc(-c3ccc4ccc5ccc6ccccc6c5c4c3)nc(-c3cccc4oc5ccccc5c34)n2)cc1.c1ccc(-c2nc(-c3ccc4ccc5ccc6ccccc6c5c4c3)nc(-c3cccc4sc5ccccc5c34)n2)cc1. The summed E-state index contributed by atoms with van der Waals surface area (Å²) in [5.74, 6) is 5.87. The molecule has 21 aromatic carbocycles. The van der Waals surface area contributed by atoms with E-state index in [9.17, 15) is 0 Å². The third-order valence-corrected chi connectivity index (χ3v) is 25.6. The fraction of sp³-hybridized carbons (Fsp3) is 0. The molecule has 5 aromatic heterocycles. The molecule has 10 nitrogen and oxygen atoms in total. The monoisotopic (exact) mass is 1650 g/mol. The normalized spacial score (nSPS) is 11.6. The van der Waals surface area contributed by atoms with Crippen LogP contribution in [0.25, 0.3) is 253 Å². The Balaban J connectivity index is 0.000000107. The number of para-hydroxylation sites is 1. The van der Waals surface area contributed by atoms with Crippen molar-refractivity contribution < 1.29 is 4.42 Å². The van der Waals surface area contributed by atoms with Gasteiger partial charge >= 0.3 is 0 Å². The van der Waals surface area contributed by atoms with Crippen LogP contribution in [-0.2, 0) is 0 Å². The lowest BCUT2D eigenvalue weighted by Crippen LogP contribution is -2.00. The van der Waals surface area contributed by atoms with E-state index in [2.05, 4.69) is 315 Å². The molecule has 0 radical (unpaired) electrons. The van der Waals surface area contributed by atoms with Crippen molar-refractivity contribution in [1.82, 2.24) is 44.9 Å². The van der Waals surface area contributed by atoms with Gasteiger partial charge in [0, 0.05) is 81.0 Å². The average molecular weight is 1650 g/mol. The topological polar surface area (TPSA) is 129 Å². The van der Waals surface area contributed by atoms with Gasteiger partial charge in [-0.2, -0.15) is 0 Å². The Morgan fingerprint density at radius 3 is 0.922 bits per heavy atom. The van der Waals surface area contributed by atoms with Gasteiger partial charge in [-0.15, -0.1) is 11.3 Å². The molecular weight excluding hydrogens is 1580 g/mol. The number of rotatable bonds is 10. The summed E-state index contributed by atoms with van der Waals surface area (Å²) in [5.41, 5.74) is 12.6. The Kier molecular flexibility index (Phi) is 18.5. The van der Waals surface area contributed by atoms with Crippen molar-refractivity contribution in [2.24, 2.45) is 0 Å². The smallest absolute Gasteiger partial charge is 0.164 e. The molecule has 0 aliphatic rings. The summed E-state index contributed by atoms with van der Waals surface area (Å²) in [6.45, 7) is 0. The van der Waals surface area contributed by atoms with E-state index in [0.29, 0.717) is 52.4 Å². The van der Waals surface area contributed by atoms with Crippen molar-refractivity contribution in [3.8, 4) is 114 Å². The highest BCUT2D eigenvalue weighted by Gasteiger charge is 2.23. The first-order valence-corrected chi connectivity index (χ1v) is 43.7. The van der Waals surface area contributed by atoms with Crippen molar-refractivity contribution in [2.45, 2.75) is 0 Å². The van der Waals surface area contributed by atoms with Gasteiger partial charge in [-0.3, -0.25) is 0 Å². The van der Waals surface area contributed by atoms with Crippen LogP contribution >= 0.6 is 11.3 Å². The number of benzene rings is 21. The summed E-state index contributed by atoms with van der Waals surface area (Å²) in [4.78, 5) is 45.4. The van der Waals surface area contributed by atoms with E-state index in [4.69, 9.17) is 49.3 Å². The van der Waals surface area contributed by atoms with Crippen molar-refractivity contribution in [3.05, 3.63) is 431 Å². The Morgan fingerprint density at radius 2 is 0.438 bits per heavy atom. The van der Waals surface area contributed by atoms with Crippen LogP contribution in [0.15, 0.2) is 435 Å². The molecule has 5 heterocycles. The van der Waals surface area contributed by atoms with Gasteiger partial charge in [-0.05, 0) is 151 Å². The van der Waals surface area contributed by atoms with Crippen LogP contribution in [0.5, 0.6) is 0 Å². The van der Waals surface area contributed by atoms with Crippen LogP contribution in [0.1, 0.15) is 0 Å². The standard InChI is InChI=1S/C39H23N3O.C39H23N3S.C39H25N3/c2*1-2-10-27(11-3-1)37-40-38(42-39(41-37)31-14-8-16-34-36(31)30-13-6-7-15-33(30)43-34)28-22-19-25-18-21-26-20-17-24-9-4-5-12-29(24)35(26)32(25)23-28;1-3-9-26(10-4-1)27-15-20-31(21-16-27)38-40-37(30-12-5-2-6-13-30)41-39(42-38)33-23-24-35-32(25-33)22-19-29-18-17-28-11-7-8-14-34(28)36(29)35/h2*1-23H;1-25H. The van der Waals surface area contributed by atoms with E-state index in [1.54, 1.807) is 11.3 Å².